The molecule has 4 nitrogen and oxygen atoms in total. The molecule has 0 unspecified atom stereocenters. The van der Waals surface area contributed by atoms with Gasteiger partial charge in [0.1, 0.15) is 0 Å². The van der Waals surface area contributed by atoms with Crippen molar-refractivity contribution in [3.8, 4) is 22.7 Å². The fourth-order valence-electron chi connectivity index (χ4n) is 1.83. The van der Waals surface area contributed by atoms with Crippen LogP contribution in [0.15, 0.2) is 48.9 Å². The lowest BCUT2D eigenvalue weighted by Crippen LogP contribution is -1.97. The zero-order chi connectivity index (χ0) is 14.1. The second kappa shape index (κ2) is 4.73. The first-order valence-corrected chi connectivity index (χ1v) is 5.79. The van der Waals surface area contributed by atoms with E-state index in [9.17, 15) is 13.9 Å². The number of aromatic hydroxyl groups is 1. The van der Waals surface area contributed by atoms with Crippen LogP contribution in [-0.2, 0) is 0 Å². The summed E-state index contributed by atoms with van der Waals surface area (Å²) in [6, 6.07) is 7.41. The molecule has 0 saturated heterocycles. The molecule has 2 aromatic heterocycles. The molecule has 2 heterocycles. The van der Waals surface area contributed by atoms with Gasteiger partial charge in [-0.3, -0.25) is 4.98 Å². The van der Waals surface area contributed by atoms with Gasteiger partial charge in [-0.1, -0.05) is 0 Å². The van der Waals surface area contributed by atoms with Gasteiger partial charge in [0.05, 0.1) is 11.4 Å². The largest absolute Gasteiger partial charge is 0.505 e. The average Bonchev–Trinajstić information content (AvgIpc) is 2.95. The molecule has 0 amide bonds. The summed E-state index contributed by atoms with van der Waals surface area (Å²) in [7, 11) is 0. The van der Waals surface area contributed by atoms with Gasteiger partial charge in [0, 0.05) is 36.3 Å². The summed E-state index contributed by atoms with van der Waals surface area (Å²) in [6.07, 6.45) is 4.89. The van der Waals surface area contributed by atoms with E-state index in [0.29, 0.717) is 5.69 Å². The number of phenolic OH excluding ortho intramolecular Hbond substituents is 1. The predicted molar refractivity (Wildman–Crippen MR) is 68.4 cm³/mol. The molecule has 0 saturated carbocycles. The topological polar surface area (TPSA) is 50.9 Å². The van der Waals surface area contributed by atoms with Gasteiger partial charge >= 0.3 is 0 Å². The molecule has 0 aliphatic carbocycles. The molecule has 0 aliphatic rings. The maximum absolute atomic E-state index is 13.3. The van der Waals surface area contributed by atoms with E-state index in [2.05, 4.69) is 10.1 Å². The van der Waals surface area contributed by atoms with Crippen molar-refractivity contribution >= 4 is 0 Å². The van der Waals surface area contributed by atoms with Crippen LogP contribution in [0.2, 0.25) is 0 Å². The highest BCUT2D eigenvalue weighted by molar-refractivity contribution is 5.57. The molecule has 0 spiro atoms. The minimum Gasteiger partial charge on any atom is -0.505 e. The van der Waals surface area contributed by atoms with Gasteiger partial charge in [0.15, 0.2) is 17.4 Å². The standard InChI is InChI=1S/C14H9F2N3O/c15-11-6-10(7-13(20)14(11)16)19-5-3-12(18-19)9-2-1-4-17-8-9/h1-8,20H. The molecule has 3 rings (SSSR count). The molecule has 0 bridgehead atoms. The number of nitrogens with zero attached hydrogens (tertiary/aromatic N) is 3. The molecule has 20 heavy (non-hydrogen) atoms. The van der Waals surface area contributed by atoms with Crippen LogP contribution in [0, 0.1) is 11.6 Å². The number of hydrogen-bond acceptors (Lipinski definition) is 3. The van der Waals surface area contributed by atoms with E-state index in [-0.39, 0.29) is 5.69 Å². The summed E-state index contributed by atoms with van der Waals surface area (Å²) in [5, 5.41) is 13.5. The van der Waals surface area contributed by atoms with Crippen LogP contribution in [0.4, 0.5) is 8.78 Å². The van der Waals surface area contributed by atoms with Crippen LogP contribution < -0.4 is 0 Å². The zero-order valence-corrected chi connectivity index (χ0v) is 10.2. The zero-order valence-electron chi connectivity index (χ0n) is 10.2. The van der Waals surface area contributed by atoms with E-state index < -0.39 is 17.4 Å². The van der Waals surface area contributed by atoms with Gasteiger partial charge in [0.25, 0.3) is 0 Å². The first-order valence-electron chi connectivity index (χ1n) is 5.79. The summed E-state index contributed by atoms with van der Waals surface area (Å²) in [6.45, 7) is 0. The van der Waals surface area contributed by atoms with Crippen LogP contribution in [0.5, 0.6) is 5.75 Å². The molecule has 1 N–H and O–H groups in total. The Bertz CT molecular complexity index is 733. The number of hydrogen-bond donors (Lipinski definition) is 1. The van der Waals surface area contributed by atoms with Gasteiger partial charge < -0.3 is 5.11 Å². The normalized spacial score (nSPS) is 10.7. The van der Waals surface area contributed by atoms with Gasteiger partial charge in [-0.15, -0.1) is 0 Å². The SMILES string of the molecule is Oc1cc(-n2ccc(-c3cccnc3)n2)cc(F)c1F. The van der Waals surface area contributed by atoms with Crippen LogP contribution in [0.3, 0.4) is 0 Å². The number of halogens is 2. The average molecular weight is 273 g/mol. The quantitative estimate of drug-likeness (QED) is 0.781. The minimum atomic E-state index is -1.27. The summed E-state index contributed by atoms with van der Waals surface area (Å²) in [5.41, 5.74) is 1.68. The third-order valence-electron chi connectivity index (χ3n) is 2.80. The first-order chi connectivity index (χ1) is 9.65. The maximum Gasteiger partial charge on any atom is 0.200 e. The van der Waals surface area contributed by atoms with Crippen molar-refractivity contribution in [2.24, 2.45) is 0 Å². The molecule has 0 atom stereocenters. The van der Waals surface area contributed by atoms with Crippen molar-refractivity contribution in [3.05, 3.63) is 60.6 Å². The van der Waals surface area contributed by atoms with E-state index in [1.807, 2.05) is 6.07 Å². The number of rotatable bonds is 2. The van der Waals surface area contributed by atoms with Crippen LogP contribution >= 0.6 is 0 Å². The van der Waals surface area contributed by atoms with Gasteiger partial charge in [0.2, 0.25) is 0 Å². The Hall–Kier alpha value is -2.76. The highest BCUT2D eigenvalue weighted by Gasteiger charge is 2.12. The Balaban J connectivity index is 2.03. The predicted octanol–water partition coefficient (Wildman–Crippen LogP) is 2.92. The lowest BCUT2D eigenvalue weighted by molar-refractivity contribution is 0.406. The van der Waals surface area contributed by atoms with Gasteiger partial charge in [-0.25, -0.2) is 9.07 Å². The maximum atomic E-state index is 13.3. The summed E-state index contributed by atoms with van der Waals surface area (Å²) < 4.78 is 27.7. The van der Waals surface area contributed by atoms with Crippen molar-refractivity contribution in [2.75, 3.05) is 0 Å². The van der Waals surface area contributed by atoms with E-state index in [1.165, 1.54) is 4.68 Å². The lowest BCUT2D eigenvalue weighted by Gasteiger charge is -2.04. The Kier molecular flexibility index (Phi) is 2.90. The molecule has 3 aromatic rings. The Labute approximate surface area is 112 Å². The number of benzene rings is 1. The molecule has 0 fully saturated rings. The highest BCUT2D eigenvalue weighted by atomic mass is 19.2. The molecular formula is C14H9F2N3O. The smallest absolute Gasteiger partial charge is 0.200 e. The van der Waals surface area contributed by atoms with Crippen LogP contribution in [0.1, 0.15) is 0 Å². The third kappa shape index (κ3) is 2.11. The van der Waals surface area contributed by atoms with Crippen LogP contribution in [0.25, 0.3) is 16.9 Å². The Morgan fingerprint density at radius 2 is 2.00 bits per heavy atom. The monoisotopic (exact) mass is 273 g/mol. The third-order valence-corrected chi connectivity index (χ3v) is 2.80. The summed E-state index contributed by atoms with van der Waals surface area (Å²) >= 11 is 0. The van der Waals surface area contributed by atoms with Crippen molar-refractivity contribution in [1.29, 1.82) is 0 Å². The van der Waals surface area contributed by atoms with Gasteiger partial charge in [-0.05, 0) is 18.2 Å². The number of aromatic nitrogens is 3. The molecule has 100 valence electrons. The summed E-state index contributed by atoms with van der Waals surface area (Å²) in [5.74, 6) is -3.15. The van der Waals surface area contributed by atoms with Gasteiger partial charge in [-0.2, -0.15) is 9.49 Å². The molecule has 0 radical (unpaired) electrons. The number of phenols is 1. The second-order valence-corrected chi connectivity index (χ2v) is 4.15. The van der Waals surface area contributed by atoms with Crippen molar-refractivity contribution in [3.63, 3.8) is 0 Å². The highest BCUT2D eigenvalue weighted by Crippen LogP contribution is 2.24. The van der Waals surface area contributed by atoms with E-state index in [1.54, 1.807) is 30.7 Å². The second-order valence-electron chi connectivity index (χ2n) is 4.15. The Morgan fingerprint density at radius 1 is 1.15 bits per heavy atom. The fourth-order valence-corrected chi connectivity index (χ4v) is 1.83. The first kappa shape index (κ1) is 12.3. The van der Waals surface area contributed by atoms with Crippen LogP contribution in [-0.4, -0.2) is 19.9 Å². The molecular weight excluding hydrogens is 264 g/mol. The molecule has 1 aromatic carbocycles. The van der Waals surface area contributed by atoms with Crippen molar-refractivity contribution in [1.82, 2.24) is 14.8 Å². The van der Waals surface area contributed by atoms with Crippen molar-refractivity contribution in [2.45, 2.75) is 0 Å². The molecule has 0 aliphatic heterocycles. The minimum absolute atomic E-state index is 0.233. The van der Waals surface area contributed by atoms with Crippen molar-refractivity contribution < 1.29 is 13.9 Å². The Morgan fingerprint density at radius 3 is 2.70 bits per heavy atom. The lowest BCUT2D eigenvalue weighted by atomic mass is 10.2. The van der Waals surface area contributed by atoms with E-state index >= 15 is 0 Å². The summed E-state index contributed by atoms with van der Waals surface area (Å²) in [4.78, 5) is 3.98. The number of pyridine rings is 1. The van der Waals surface area contributed by atoms with E-state index in [0.717, 1.165) is 17.7 Å². The van der Waals surface area contributed by atoms with E-state index in [4.69, 9.17) is 0 Å². The molecule has 6 heteroatoms. The fraction of sp³-hybridized carbons (Fsp3) is 0.